The molecule has 0 spiro atoms. The molecule has 0 amide bonds. The third-order valence-corrected chi connectivity index (χ3v) is 2.60. The van der Waals surface area contributed by atoms with Crippen LogP contribution in [0.25, 0.3) is 0 Å². The number of benzene rings is 1. The quantitative estimate of drug-likeness (QED) is 0.788. The van der Waals surface area contributed by atoms with E-state index in [-0.39, 0.29) is 17.8 Å². The molecule has 14 heavy (non-hydrogen) atoms. The van der Waals surface area contributed by atoms with Gasteiger partial charge in [0.25, 0.3) is 0 Å². The minimum Gasteiger partial charge on any atom is -0.395 e. The van der Waals surface area contributed by atoms with E-state index in [0.29, 0.717) is 12.0 Å². The van der Waals surface area contributed by atoms with Gasteiger partial charge in [0, 0.05) is 5.41 Å². The number of hydrogen-bond acceptors (Lipinski definition) is 1. The van der Waals surface area contributed by atoms with Crippen LogP contribution in [0.1, 0.15) is 31.9 Å². The highest BCUT2D eigenvalue weighted by Crippen LogP contribution is 2.24. The monoisotopic (exact) mass is 196 g/mol. The average Bonchev–Trinajstić information content (AvgIpc) is 2.18. The van der Waals surface area contributed by atoms with Gasteiger partial charge in [-0.15, -0.1) is 0 Å². The molecular weight excluding hydrogens is 179 g/mol. The molecule has 1 rings (SSSR count). The van der Waals surface area contributed by atoms with Crippen LogP contribution in [0, 0.1) is 5.82 Å². The molecule has 1 aromatic carbocycles. The normalized spacial score (nSPS) is 11.8. The largest absolute Gasteiger partial charge is 0.395 e. The van der Waals surface area contributed by atoms with Gasteiger partial charge in [0.1, 0.15) is 5.82 Å². The number of rotatable bonds is 3. The smallest absolute Gasteiger partial charge is 0.126 e. The van der Waals surface area contributed by atoms with Crippen LogP contribution in [-0.4, -0.2) is 11.7 Å². The Morgan fingerprint density at radius 3 is 2.50 bits per heavy atom. The summed E-state index contributed by atoms with van der Waals surface area (Å²) in [5.41, 5.74) is 1.40. The molecule has 1 nitrogen and oxygen atoms in total. The third-order valence-electron chi connectivity index (χ3n) is 2.60. The molecule has 0 radical (unpaired) electrons. The van der Waals surface area contributed by atoms with Gasteiger partial charge in [0.15, 0.2) is 0 Å². The van der Waals surface area contributed by atoms with E-state index < -0.39 is 0 Å². The Bertz CT molecular complexity index is 318. The Hall–Kier alpha value is -0.890. The summed E-state index contributed by atoms with van der Waals surface area (Å²) in [6, 6.07) is 5.06. The first-order valence-corrected chi connectivity index (χ1v) is 4.91. The second kappa shape index (κ2) is 4.09. The van der Waals surface area contributed by atoms with E-state index in [9.17, 15) is 9.50 Å². The third kappa shape index (κ3) is 2.13. The van der Waals surface area contributed by atoms with Gasteiger partial charge in [0.2, 0.25) is 0 Å². The second-order valence-electron chi connectivity index (χ2n) is 4.20. The molecule has 0 aliphatic heterocycles. The van der Waals surface area contributed by atoms with Crippen LogP contribution in [0.15, 0.2) is 18.2 Å². The van der Waals surface area contributed by atoms with E-state index in [1.54, 1.807) is 6.07 Å². The minimum absolute atomic E-state index is 0.0712. The summed E-state index contributed by atoms with van der Waals surface area (Å²) >= 11 is 0. The van der Waals surface area contributed by atoms with Gasteiger partial charge in [-0.25, -0.2) is 4.39 Å². The topological polar surface area (TPSA) is 20.2 Å². The van der Waals surface area contributed by atoms with Gasteiger partial charge < -0.3 is 5.11 Å². The molecule has 0 aliphatic rings. The molecule has 0 aliphatic carbocycles. The summed E-state index contributed by atoms with van der Waals surface area (Å²) in [7, 11) is 0. The zero-order chi connectivity index (χ0) is 10.8. The van der Waals surface area contributed by atoms with Crippen LogP contribution in [0.3, 0.4) is 0 Å². The molecule has 1 N–H and O–H groups in total. The molecular formula is C12H17FO. The zero-order valence-electron chi connectivity index (χ0n) is 8.97. The van der Waals surface area contributed by atoms with Crippen molar-refractivity contribution in [2.24, 2.45) is 0 Å². The zero-order valence-corrected chi connectivity index (χ0v) is 8.97. The summed E-state index contributed by atoms with van der Waals surface area (Å²) in [4.78, 5) is 0. The van der Waals surface area contributed by atoms with Crippen molar-refractivity contribution in [3.8, 4) is 0 Å². The lowest BCUT2D eigenvalue weighted by Gasteiger charge is -2.22. The first kappa shape index (κ1) is 11.2. The van der Waals surface area contributed by atoms with E-state index in [1.165, 1.54) is 6.07 Å². The van der Waals surface area contributed by atoms with Crippen LogP contribution in [0.4, 0.5) is 4.39 Å². The average molecular weight is 196 g/mol. The Balaban J connectivity index is 3.12. The van der Waals surface area contributed by atoms with E-state index in [0.717, 1.165) is 5.56 Å². The predicted molar refractivity (Wildman–Crippen MR) is 55.9 cm³/mol. The molecule has 0 saturated carbocycles. The predicted octanol–water partition coefficient (Wildman–Crippen LogP) is 2.66. The number of aliphatic hydroxyl groups is 1. The highest BCUT2D eigenvalue weighted by Gasteiger charge is 2.20. The summed E-state index contributed by atoms with van der Waals surface area (Å²) < 4.78 is 13.2. The fourth-order valence-corrected chi connectivity index (χ4v) is 1.36. The van der Waals surface area contributed by atoms with Gasteiger partial charge in [-0.2, -0.15) is 0 Å². The molecule has 0 bridgehead atoms. The van der Waals surface area contributed by atoms with Gasteiger partial charge in [-0.05, 0) is 23.6 Å². The highest BCUT2D eigenvalue weighted by atomic mass is 19.1. The van der Waals surface area contributed by atoms with E-state index in [4.69, 9.17) is 0 Å². The van der Waals surface area contributed by atoms with Crippen molar-refractivity contribution in [3.63, 3.8) is 0 Å². The van der Waals surface area contributed by atoms with Gasteiger partial charge in [-0.1, -0.05) is 32.9 Å². The van der Waals surface area contributed by atoms with Crippen LogP contribution in [0.5, 0.6) is 0 Å². The summed E-state index contributed by atoms with van der Waals surface area (Å²) in [6.45, 7) is 5.88. The van der Waals surface area contributed by atoms with Crippen molar-refractivity contribution in [1.29, 1.82) is 0 Å². The van der Waals surface area contributed by atoms with Crippen molar-refractivity contribution in [2.75, 3.05) is 6.61 Å². The maximum atomic E-state index is 13.2. The maximum absolute atomic E-state index is 13.2. The van der Waals surface area contributed by atoms with Crippen molar-refractivity contribution in [3.05, 3.63) is 35.1 Å². The molecule has 0 unspecified atom stereocenters. The number of aliphatic hydroxyl groups excluding tert-OH is 1. The van der Waals surface area contributed by atoms with Crippen LogP contribution in [0.2, 0.25) is 0 Å². The molecule has 0 heterocycles. The standard InChI is InChI=1S/C12H17FO/c1-4-9-7-10(5-6-11(9)13)12(2,3)8-14/h5-7,14H,4,8H2,1-3H3. The number of hydrogen-bond donors (Lipinski definition) is 1. The van der Waals surface area contributed by atoms with Gasteiger partial charge in [0.05, 0.1) is 6.61 Å². The lowest BCUT2D eigenvalue weighted by Crippen LogP contribution is -2.22. The maximum Gasteiger partial charge on any atom is 0.126 e. The van der Waals surface area contributed by atoms with E-state index in [2.05, 4.69) is 0 Å². The Morgan fingerprint density at radius 2 is 2.00 bits per heavy atom. The van der Waals surface area contributed by atoms with Gasteiger partial charge in [-0.3, -0.25) is 0 Å². The number of halogens is 1. The van der Waals surface area contributed by atoms with E-state index in [1.807, 2.05) is 26.8 Å². The van der Waals surface area contributed by atoms with Crippen molar-refractivity contribution < 1.29 is 9.50 Å². The fraction of sp³-hybridized carbons (Fsp3) is 0.500. The van der Waals surface area contributed by atoms with Crippen LogP contribution < -0.4 is 0 Å². The molecule has 0 atom stereocenters. The SMILES string of the molecule is CCc1cc(C(C)(C)CO)ccc1F. The van der Waals surface area contributed by atoms with Crippen LogP contribution >= 0.6 is 0 Å². The van der Waals surface area contributed by atoms with Crippen molar-refractivity contribution >= 4 is 0 Å². The lowest BCUT2D eigenvalue weighted by molar-refractivity contribution is 0.218. The Kier molecular flexibility index (Phi) is 3.27. The molecule has 78 valence electrons. The molecule has 0 fully saturated rings. The Morgan fingerprint density at radius 1 is 1.36 bits per heavy atom. The van der Waals surface area contributed by atoms with Crippen LogP contribution in [-0.2, 0) is 11.8 Å². The molecule has 0 aromatic heterocycles. The first-order valence-electron chi connectivity index (χ1n) is 4.91. The summed E-state index contributed by atoms with van der Waals surface area (Å²) in [5.74, 6) is -0.162. The number of aryl methyl sites for hydroxylation is 1. The van der Waals surface area contributed by atoms with E-state index >= 15 is 0 Å². The molecule has 1 aromatic rings. The van der Waals surface area contributed by atoms with Gasteiger partial charge >= 0.3 is 0 Å². The first-order chi connectivity index (χ1) is 6.51. The summed E-state index contributed by atoms with van der Waals surface area (Å²) in [6.07, 6.45) is 0.682. The van der Waals surface area contributed by atoms with Crippen molar-refractivity contribution in [2.45, 2.75) is 32.6 Å². The summed E-state index contributed by atoms with van der Waals surface area (Å²) in [5, 5.41) is 9.19. The Labute approximate surface area is 84.6 Å². The minimum atomic E-state index is -0.294. The lowest BCUT2D eigenvalue weighted by atomic mass is 9.84. The molecule has 0 saturated heterocycles. The second-order valence-corrected chi connectivity index (χ2v) is 4.20. The highest BCUT2D eigenvalue weighted by molar-refractivity contribution is 5.30. The van der Waals surface area contributed by atoms with Crippen molar-refractivity contribution in [1.82, 2.24) is 0 Å². The fourth-order valence-electron chi connectivity index (χ4n) is 1.36. The molecule has 2 heteroatoms.